The van der Waals surface area contributed by atoms with E-state index >= 15 is 0 Å². The van der Waals surface area contributed by atoms with Crippen LogP contribution in [0.25, 0.3) is 0 Å². The summed E-state index contributed by atoms with van der Waals surface area (Å²) in [5, 5.41) is 27.4. The average Bonchev–Trinajstić information content (AvgIpc) is 2.70. The zero-order valence-corrected chi connectivity index (χ0v) is 20.0. The Hall–Kier alpha value is -3.66. The molecule has 0 radical (unpaired) electrons. The number of ether oxygens (including phenoxy) is 2. The van der Waals surface area contributed by atoms with Crippen molar-refractivity contribution in [2.24, 2.45) is 0 Å². The average molecular weight is 472 g/mol. The first-order chi connectivity index (χ1) is 15.6. The van der Waals surface area contributed by atoms with Crippen molar-refractivity contribution in [3.8, 4) is 11.5 Å². The maximum Gasteiger partial charge on any atom is 0.270 e. The zero-order valence-electron chi connectivity index (χ0n) is 20.0. The molecule has 1 aliphatic rings. The molecule has 0 saturated carbocycles. The van der Waals surface area contributed by atoms with Gasteiger partial charge in [-0.2, -0.15) is 0 Å². The lowest BCUT2D eigenvalue weighted by molar-refractivity contribution is -0.385. The molecule has 0 fully saturated rings. The van der Waals surface area contributed by atoms with Crippen LogP contribution < -0.4 is 15.4 Å². The second-order valence-corrected chi connectivity index (χ2v) is 10.2. The first-order valence-electron chi connectivity index (χ1n) is 10.7. The van der Waals surface area contributed by atoms with Crippen LogP contribution in [-0.4, -0.2) is 32.9 Å². The van der Waals surface area contributed by atoms with Gasteiger partial charge in [0.1, 0.15) is 11.5 Å². The molecule has 3 N–H and O–H groups in total. The van der Waals surface area contributed by atoms with Gasteiger partial charge in [-0.1, -0.05) is 18.2 Å². The lowest BCUT2D eigenvalue weighted by atomic mass is 9.87. The highest BCUT2D eigenvalue weighted by atomic mass is 16.7. The molecule has 1 unspecified atom stereocenters. The van der Waals surface area contributed by atoms with E-state index in [-0.39, 0.29) is 28.3 Å². The first-order valence-corrected chi connectivity index (χ1v) is 10.7. The van der Waals surface area contributed by atoms with Crippen LogP contribution in [-0.2, 0) is 19.9 Å². The number of rotatable bonds is 4. The summed E-state index contributed by atoms with van der Waals surface area (Å²) in [6.45, 7) is 10.6. The van der Waals surface area contributed by atoms with Crippen LogP contribution in [0, 0.1) is 10.1 Å². The number of para-hydroxylation sites is 1. The highest BCUT2D eigenvalue weighted by molar-refractivity contribution is 6.10. The number of nitro groups is 1. The van der Waals surface area contributed by atoms with Gasteiger partial charge in [0.25, 0.3) is 23.1 Å². The van der Waals surface area contributed by atoms with Gasteiger partial charge in [-0.25, -0.2) is 0 Å². The summed E-state index contributed by atoms with van der Waals surface area (Å²) in [5.41, 5.74) is -3.89. The summed E-state index contributed by atoms with van der Waals surface area (Å²) in [7, 11) is 0. The van der Waals surface area contributed by atoms with Crippen molar-refractivity contribution in [2.45, 2.75) is 64.5 Å². The number of benzene rings is 2. The van der Waals surface area contributed by atoms with Crippen LogP contribution >= 0.6 is 0 Å². The third-order valence-corrected chi connectivity index (χ3v) is 4.88. The smallest absolute Gasteiger partial charge is 0.270 e. The number of nitrogens with zero attached hydrogens (tertiary/aromatic N) is 1. The quantitative estimate of drug-likeness (QED) is 0.352. The third-order valence-electron chi connectivity index (χ3n) is 4.88. The Bertz CT molecular complexity index is 1100. The van der Waals surface area contributed by atoms with E-state index in [0.717, 1.165) is 18.2 Å². The largest absolute Gasteiger partial charge is 0.507 e. The van der Waals surface area contributed by atoms with Crippen LogP contribution in [0.3, 0.4) is 0 Å². The Morgan fingerprint density at radius 1 is 1.00 bits per heavy atom. The van der Waals surface area contributed by atoms with Gasteiger partial charge in [0, 0.05) is 28.8 Å². The van der Waals surface area contributed by atoms with Crippen LogP contribution in [0.5, 0.6) is 11.5 Å². The maximum atomic E-state index is 13.7. The molecular formula is C24H29N3O7. The van der Waals surface area contributed by atoms with Gasteiger partial charge in [-0.3, -0.25) is 19.7 Å². The highest BCUT2D eigenvalue weighted by Gasteiger charge is 2.57. The summed E-state index contributed by atoms with van der Waals surface area (Å²) in [4.78, 5) is 38.2. The number of phenols is 1. The SMILES string of the molecule is CC(C)(C)NC(=O)C1(C(=O)NC(C)(C)C)OC(c2cc([N+](=O)[O-])ccc2O)Oc2ccccc21. The van der Waals surface area contributed by atoms with Gasteiger partial charge in [-0.05, 0) is 53.7 Å². The fourth-order valence-electron chi connectivity index (χ4n) is 3.51. The Balaban J connectivity index is 2.24. The van der Waals surface area contributed by atoms with Gasteiger partial charge >= 0.3 is 0 Å². The third kappa shape index (κ3) is 4.96. The van der Waals surface area contributed by atoms with Crippen LogP contribution in [0.15, 0.2) is 42.5 Å². The zero-order chi connectivity index (χ0) is 25.5. The van der Waals surface area contributed by atoms with E-state index in [1.54, 1.807) is 65.8 Å². The maximum absolute atomic E-state index is 13.7. The Morgan fingerprint density at radius 3 is 2.09 bits per heavy atom. The summed E-state index contributed by atoms with van der Waals surface area (Å²) in [5.74, 6) is -1.67. The molecule has 1 atom stereocenters. The van der Waals surface area contributed by atoms with E-state index < -0.39 is 39.7 Å². The molecule has 2 amide bonds. The molecular weight excluding hydrogens is 442 g/mol. The fourth-order valence-corrected chi connectivity index (χ4v) is 3.51. The van der Waals surface area contributed by atoms with Crippen molar-refractivity contribution in [3.05, 3.63) is 63.7 Å². The second kappa shape index (κ2) is 8.60. The summed E-state index contributed by atoms with van der Waals surface area (Å²) >= 11 is 0. The van der Waals surface area contributed by atoms with E-state index in [0.29, 0.717) is 0 Å². The fraction of sp³-hybridized carbons (Fsp3) is 0.417. The van der Waals surface area contributed by atoms with Crippen LogP contribution in [0.2, 0.25) is 0 Å². The predicted molar refractivity (Wildman–Crippen MR) is 123 cm³/mol. The molecule has 0 aliphatic carbocycles. The molecule has 2 aromatic carbocycles. The Labute approximate surface area is 197 Å². The molecule has 2 aromatic rings. The van der Waals surface area contributed by atoms with Gasteiger partial charge in [-0.15, -0.1) is 0 Å². The number of amides is 2. The van der Waals surface area contributed by atoms with Gasteiger partial charge in [0.05, 0.1) is 10.5 Å². The normalized spacial score (nSPS) is 17.2. The lowest BCUT2D eigenvalue weighted by Gasteiger charge is -2.42. The molecule has 0 aromatic heterocycles. The lowest BCUT2D eigenvalue weighted by Crippen LogP contribution is -2.63. The monoisotopic (exact) mass is 471 g/mol. The number of carbonyl (C=O) groups excluding carboxylic acids is 2. The number of nitro benzene ring substituents is 1. The minimum absolute atomic E-state index is 0.0970. The first kappa shape index (κ1) is 25.0. The number of non-ortho nitro benzene ring substituents is 1. The van der Waals surface area contributed by atoms with Crippen molar-refractivity contribution in [2.75, 3.05) is 0 Å². The van der Waals surface area contributed by atoms with Gasteiger partial charge in [0.15, 0.2) is 0 Å². The second-order valence-electron chi connectivity index (χ2n) is 10.2. The van der Waals surface area contributed by atoms with E-state index in [9.17, 15) is 24.8 Å². The van der Waals surface area contributed by atoms with Gasteiger partial charge < -0.3 is 25.2 Å². The number of phenolic OH excluding ortho intramolecular Hbond substituents is 1. The van der Waals surface area contributed by atoms with Crippen molar-refractivity contribution < 1.29 is 29.1 Å². The van der Waals surface area contributed by atoms with Crippen LogP contribution in [0.1, 0.15) is 59.0 Å². The van der Waals surface area contributed by atoms with E-state index in [4.69, 9.17) is 9.47 Å². The summed E-state index contributed by atoms with van der Waals surface area (Å²) < 4.78 is 12.0. The Kier molecular flexibility index (Phi) is 6.32. The number of hydrogen-bond donors (Lipinski definition) is 3. The Morgan fingerprint density at radius 2 is 1.56 bits per heavy atom. The molecule has 0 bridgehead atoms. The number of hydrogen-bond acceptors (Lipinski definition) is 7. The summed E-state index contributed by atoms with van der Waals surface area (Å²) in [6, 6.07) is 9.74. The van der Waals surface area contributed by atoms with E-state index in [2.05, 4.69) is 10.6 Å². The number of fused-ring (bicyclic) bond motifs is 1. The van der Waals surface area contributed by atoms with E-state index in [1.165, 1.54) is 0 Å². The molecule has 3 rings (SSSR count). The minimum Gasteiger partial charge on any atom is -0.507 e. The topological polar surface area (TPSA) is 140 Å². The molecule has 0 spiro atoms. The molecule has 10 nitrogen and oxygen atoms in total. The van der Waals surface area contributed by atoms with Crippen molar-refractivity contribution in [3.63, 3.8) is 0 Å². The minimum atomic E-state index is -2.21. The van der Waals surface area contributed by atoms with Crippen LogP contribution in [0.4, 0.5) is 5.69 Å². The van der Waals surface area contributed by atoms with Gasteiger partial charge in [0.2, 0.25) is 6.29 Å². The van der Waals surface area contributed by atoms with Crippen molar-refractivity contribution in [1.29, 1.82) is 0 Å². The van der Waals surface area contributed by atoms with Crippen molar-refractivity contribution in [1.82, 2.24) is 10.6 Å². The predicted octanol–water partition coefficient (Wildman–Crippen LogP) is 3.43. The summed E-state index contributed by atoms with van der Waals surface area (Å²) in [6.07, 6.45) is -1.49. The molecule has 10 heteroatoms. The van der Waals surface area contributed by atoms with Crippen molar-refractivity contribution >= 4 is 17.5 Å². The molecule has 0 saturated heterocycles. The number of aromatic hydroxyl groups is 1. The number of nitrogens with one attached hydrogen (secondary N) is 2. The molecule has 1 heterocycles. The molecule has 34 heavy (non-hydrogen) atoms. The highest BCUT2D eigenvalue weighted by Crippen LogP contribution is 2.46. The number of carbonyl (C=O) groups is 2. The molecule has 1 aliphatic heterocycles. The molecule has 182 valence electrons. The van der Waals surface area contributed by atoms with E-state index in [1.807, 2.05) is 0 Å². The standard InChI is InChI=1S/C24H29N3O7/c1-22(2,3)25-20(29)24(21(30)26-23(4,5)6)16-9-7-8-10-18(16)33-19(34-24)15-13-14(27(31)32)11-12-17(15)28/h7-13,19,28H,1-6H3,(H,25,29)(H,26,30).